The smallest absolute Gasteiger partial charge is 0.0443 e. The Morgan fingerprint density at radius 1 is 0.225 bits per heavy atom. The van der Waals surface area contributed by atoms with E-state index < -0.39 is 0 Å². The summed E-state index contributed by atoms with van der Waals surface area (Å²) >= 11 is 0. The third-order valence-electron chi connectivity index (χ3n) is 9.60. The van der Waals surface area contributed by atoms with Gasteiger partial charge in [0.25, 0.3) is 0 Å². The first-order chi connectivity index (χ1) is 19.8. The quantitative estimate of drug-likeness (QED) is 0.0666. The molecular formula is C40H82. The summed E-state index contributed by atoms with van der Waals surface area (Å²) < 4.78 is 0. The van der Waals surface area contributed by atoms with E-state index in [9.17, 15) is 0 Å². The summed E-state index contributed by atoms with van der Waals surface area (Å²) in [5.74, 6) is 0.966. The van der Waals surface area contributed by atoms with Crippen molar-refractivity contribution >= 4 is 0 Å². The molecule has 242 valence electrons. The zero-order chi connectivity index (χ0) is 29.0. The molecule has 1 atom stereocenters. The van der Waals surface area contributed by atoms with Crippen molar-refractivity contribution in [3.63, 3.8) is 0 Å². The van der Waals surface area contributed by atoms with E-state index in [0.29, 0.717) is 0 Å². The second-order valence-electron chi connectivity index (χ2n) is 14.0. The minimum Gasteiger partial charge on any atom is -0.0654 e. The van der Waals surface area contributed by atoms with E-state index in [1.54, 1.807) is 0 Å². The van der Waals surface area contributed by atoms with Gasteiger partial charge in [-0.1, -0.05) is 252 Å². The monoisotopic (exact) mass is 563 g/mol. The van der Waals surface area contributed by atoms with Gasteiger partial charge in [0, 0.05) is 0 Å². The molecule has 0 spiro atoms. The normalized spacial score (nSPS) is 12.4. The van der Waals surface area contributed by atoms with Gasteiger partial charge >= 0.3 is 0 Å². The highest BCUT2D eigenvalue weighted by Gasteiger charge is 2.02. The molecule has 1 unspecified atom stereocenters. The minimum atomic E-state index is 0.966. The molecule has 0 aliphatic carbocycles. The van der Waals surface area contributed by atoms with E-state index in [0.717, 1.165) is 5.92 Å². The molecule has 0 nitrogen and oxygen atoms in total. The van der Waals surface area contributed by atoms with Crippen molar-refractivity contribution in [1.29, 1.82) is 0 Å². The Hall–Kier alpha value is 0. The average molecular weight is 563 g/mol. The van der Waals surface area contributed by atoms with Crippen LogP contribution in [0.3, 0.4) is 0 Å². The van der Waals surface area contributed by atoms with Gasteiger partial charge in [-0.2, -0.15) is 0 Å². The molecule has 0 bridgehead atoms. The average Bonchev–Trinajstić information content (AvgIpc) is 2.96. The Bertz CT molecular complexity index is 412. The molecule has 0 rings (SSSR count). The summed E-state index contributed by atoms with van der Waals surface area (Å²) in [5.41, 5.74) is 0. The van der Waals surface area contributed by atoms with Crippen molar-refractivity contribution in [2.24, 2.45) is 5.92 Å². The van der Waals surface area contributed by atoms with Crippen LogP contribution >= 0.6 is 0 Å². The molecule has 0 N–H and O–H groups in total. The van der Waals surface area contributed by atoms with Crippen LogP contribution in [-0.2, 0) is 0 Å². The summed E-state index contributed by atoms with van der Waals surface area (Å²) in [5, 5.41) is 0. The van der Waals surface area contributed by atoms with Crippen LogP contribution in [0.2, 0.25) is 0 Å². The number of unbranched alkanes of at least 4 members (excludes halogenated alkanes) is 32. The lowest BCUT2D eigenvalue weighted by Gasteiger charge is -2.11. The second kappa shape index (κ2) is 37.0. The van der Waals surface area contributed by atoms with Crippen molar-refractivity contribution < 1.29 is 0 Å². The highest BCUT2D eigenvalue weighted by atomic mass is 14.1. The molecule has 0 saturated carbocycles. The van der Waals surface area contributed by atoms with Gasteiger partial charge in [0.15, 0.2) is 0 Å². The van der Waals surface area contributed by atoms with Crippen LogP contribution < -0.4 is 0 Å². The lowest BCUT2D eigenvalue weighted by atomic mass is 9.95. The van der Waals surface area contributed by atoms with E-state index in [4.69, 9.17) is 0 Å². The zero-order valence-corrected chi connectivity index (χ0v) is 29.0. The van der Waals surface area contributed by atoms with Crippen LogP contribution in [0.5, 0.6) is 0 Å². The van der Waals surface area contributed by atoms with Gasteiger partial charge in [-0.25, -0.2) is 0 Å². The van der Waals surface area contributed by atoms with E-state index in [1.165, 1.54) is 231 Å². The Kier molecular flexibility index (Phi) is 37.0. The largest absolute Gasteiger partial charge is 0.0654 e. The van der Waals surface area contributed by atoms with Crippen molar-refractivity contribution in [1.82, 2.24) is 0 Å². The van der Waals surface area contributed by atoms with Crippen molar-refractivity contribution in [3.8, 4) is 0 Å². The van der Waals surface area contributed by atoms with Gasteiger partial charge in [0.1, 0.15) is 0 Å². The molecule has 0 aliphatic rings. The summed E-state index contributed by atoms with van der Waals surface area (Å²) in [6, 6.07) is 0. The van der Waals surface area contributed by atoms with Crippen LogP contribution in [0, 0.1) is 5.92 Å². The fourth-order valence-corrected chi connectivity index (χ4v) is 6.58. The second-order valence-corrected chi connectivity index (χ2v) is 14.0. The highest BCUT2D eigenvalue weighted by molar-refractivity contribution is 4.57. The molecule has 40 heavy (non-hydrogen) atoms. The maximum Gasteiger partial charge on any atom is -0.0443 e. The summed E-state index contributed by atoms with van der Waals surface area (Å²) in [4.78, 5) is 0. The first-order valence-electron chi connectivity index (χ1n) is 19.8. The first-order valence-corrected chi connectivity index (χ1v) is 19.8. The topological polar surface area (TPSA) is 0 Å². The standard InChI is InChI=1S/C40H82/c1-4-6-8-10-12-14-16-17-18-19-20-21-22-23-24-25-26-27-28-29-31-33-35-37-39-40(3)38-36-34-32-30-15-13-11-9-7-5-2/h40H,4-39H2,1-3H3. The summed E-state index contributed by atoms with van der Waals surface area (Å²) in [6.07, 6.45) is 53.2. The number of hydrogen-bond donors (Lipinski definition) is 0. The summed E-state index contributed by atoms with van der Waals surface area (Å²) in [6.45, 7) is 7.13. The molecule has 0 heteroatoms. The summed E-state index contributed by atoms with van der Waals surface area (Å²) in [7, 11) is 0. The van der Waals surface area contributed by atoms with Crippen molar-refractivity contribution in [2.45, 2.75) is 252 Å². The van der Waals surface area contributed by atoms with E-state index in [1.807, 2.05) is 0 Å². The molecule has 0 aromatic heterocycles. The van der Waals surface area contributed by atoms with Gasteiger partial charge in [0.05, 0.1) is 0 Å². The fourth-order valence-electron chi connectivity index (χ4n) is 6.58. The van der Waals surface area contributed by atoms with E-state index in [-0.39, 0.29) is 0 Å². The Morgan fingerprint density at radius 3 is 0.550 bits per heavy atom. The minimum absolute atomic E-state index is 0.966. The third kappa shape index (κ3) is 36.0. The van der Waals surface area contributed by atoms with E-state index >= 15 is 0 Å². The third-order valence-corrected chi connectivity index (χ3v) is 9.60. The van der Waals surface area contributed by atoms with Crippen LogP contribution in [0.4, 0.5) is 0 Å². The zero-order valence-electron chi connectivity index (χ0n) is 29.0. The van der Waals surface area contributed by atoms with Crippen LogP contribution in [0.1, 0.15) is 252 Å². The fraction of sp³-hybridized carbons (Fsp3) is 1.00. The van der Waals surface area contributed by atoms with Crippen molar-refractivity contribution in [3.05, 3.63) is 0 Å². The van der Waals surface area contributed by atoms with Gasteiger partial charge < -0.3 is 0 Å². The SMILES string of the molecule is CCCCCCCCCCCCCCCCCCCCCCCCCCC(C)CCCCCCCCCCCC. The molecule has 0 amide bonds. The van der Waals surface area contributed by atoms with Crippen molar-refractivity contribution in [2.75, 3.05) is 0 Å². The Balaban J connectivity index is 3.11. The maximum atomic E-state index is 2.51. The van der Waals surface area contributed by atoms with Gasteiger partial charge in [0.2, 0.25) is 0 Å². The molecule has 0 aromatic carbocycles. The highest BCUT2D eigenvalue weighted by Crippen LogP contribution is 2.20. The molecule has 0 radical (unpaired) electrons. The molecule has 0 aromatic rings. The van der Waals surface area contributed by atoms with Gasteiger partial charge in [-0.3, -0.25) is 0 Å². The Morgan fingerprint density at radius 2 is 0.375 bits per heavy atom. The Labute approximate surface area is 257 Å². The van der Waals surface area contributed by atoms with E-state index in [2.05, 4.69) is 20.8 Å². The predicted molar refractivity (Wildman–Crippen MR) is 187 cm³/mol. The van der Waals surface area contributed by atoms with Crippen LogP contribution in [0.15, 0.2) is 0 Å². The lowest BCUT2D eigenvalue weighted by Crippen LogP contribution is -1.95. The first kappa shape index (κ1) is 40.0. The predicted octanol–water partition coefficient (Wildman–Crippen LogP) is 15.7. The maximum absolute atomic E-state index is 2.51. The lowest BCUT2D eigenvalue weighted by molar-refractivity contribution is 0.429. The molecular weight excluding hydrogens is 480 g/mol. The molecule has 0 aliphatic heterocycles. The number of hydrogen-bond acceptors (Lipinski definition) is 0. The molecule has 0 heterocycles. The van der Waals surface area contributed by atoms with Gasteiger partial charge in [-0.15, -0.1) is 0 Å². The molecule has 0 saturated heterocycles. The van der Waals surface area contributed by atoms with Crippen LogP contribution in [-0.4, -0.2) is 0 Å². The van der Waals surface area contributed by atoms with Gasteiger partial charge in [-0.05, 0) is 5.92 Å². The molecule has 0 fully saturated rings. The number of rotatable bonds is 36. The van der Waals surface area contributed by atoms with Crippen LogP contribution in [0.25, 0.3) is 0 Å².